The highest BCUT2D eigenvalue weighted by molar-refractivity contribution is 7.09. The van der Waals surface area contributed by atoms with Gasteiger partial charge in [-0.1, -0.05) is 31.2 Å². The first kappa shape index (κ1) is 19.1. The summed E-state index contributed by atoms with van der Waals surface area (Å²) in [5, 5.41) is 5.01. The number of hydrogen-bond donors (Lipinski definition) is 1. The molecule has 0 radical (unpaired) electrons. The third-order valence-corrected chi connectivity index (χ3v) is 5.74. The molecule has 0 unspecified atom stereocenters. The topological polar surface area (TPSA) is 51.1 Å². The van der Waals surface area contributed by atoms with Crippen LogP contribution in [0.25, 0.3) is 0 Å². The van der Waals surface area contributed by atoms with Gasteiger partial charge in [0.25, 0.3) is 5.91 Å². The summed E-state index contributed by atoms with van der Waals surface area (Å²) in [6, 6.07) is 11.6. The van der Waals surface area contributed by atoms with E-state index in [2.05, 4.69) is 18.3 Å². The average molecular weight is 381 g/mol. The van der Waals surface area contributed by atoms with Crippen molar-refractivity contribution in [2.24, 2.45) is 0 Å². The fraction of sp³-hybridized carbons (Fsp3) is 0.273. The monoisotopic (exact) mass is 380 g/mol. The summed E-state index contributed by atoms with van der Waals surface area (Å²) < 4.78 is 2.03. The van der Waals surface area contributed by atoms with Gasteiger partial charge in [-0.05, 0) is 49.8 Å². The summed E-state index contributed by atoms with van der Waals surface area (Å²) in [7, 11) is 0. The van der Waals surface area contributed by atoms with Crippen LogP contribution in [0.4, 0.5) is 5.69 Å². The fourth-order valence-electron chi connectivity index (χ4n) is 3.37. The molecule has 3 rings (SSSR count). The van der Waals surface area contributed by atoms with Crippen LogP contribution in [0.5, 0.6) is 0 Å². The zero-order chi connectivity index (χ0) is 19.6. The van der Waals surface area contributed by atoms with Crippen molar-refractivity contribution >= 4 is 22.9 Å². The number of para-hydroxylation sites is 1. The Labute approximate surface area is 163 Å². The summed E-state index contributed by atoms with van der Waals surface area (Å²) in [5.74, 6) is -0.346. The summed E-state index contributed by atoms with van der Waals surface area (Å²) in [5.41, 5.74) is 4.37. The molecule has 0 spiro atoms. The second-order valence-corrected chi connectivity index (χ2v) is 7.72. The van der Waals surface area contributed by atoms with Crippen molar-refractivity contribution in [2.75, 3.05) is 5.32 Å². The Morgan fingerprint density at radius 1 is 1.15 bits per heavy atom. The van der Waals surface area contributed by atoms with Crippen molar-refractivity contribution in [3.63, 3.8) is 0 Å². The molecule has 1 aromatic carbocycles. The maximum Gasteiger partial charge on any atom is 0.261 e. The van der Waals surface area contributed by atoms with Gasteiger partial charge in [-0.25, -0.2) is 0 Å². The number of aromatic nitrogens is 1. The molecule has 27 heavy (non-hydrogen) atoms. The smallest absolute Gasteiger partial charge is 0.261 e. The second-order valence-electron chi connectivity index (χ2n) is 6.69. The highest BCUT2D eigenvalue weighted by Gasteiger charge is 2.19. The van der Waals surface area contributed by atoms with Crippen LogP contribution in [0.2, 0.25) is 0 Å². The van der Waals surface area contributed by atoms with Gasteiger partial charge in [-0.3, -0.25) is 9.59 Å². The van der Waals surface area contributed by atoms with E-state index in [0.717, 1.165) is 28.9 Å². The van der Waals surface area contributed by atoms with Crippen LogP contribution >= 0.6 is 11.3 Å². The number of hydrogen-bond acceptors (Lipinski definition) is 3. The number of amides is 1. The molecule has 3 aromatic rings. The molecular formula is C22H24N2O2S. The Hall–Kier alpha value is -2.66. The van der Waals surface area contributed by atoms with E-state index in [1.54, 1.807) is 17.4 Å². The molecule has 0 aliphatic carbocycles. The van der Waals surface area contributed by atoms with E-state index in [-0.39, 0.29) is 16.9 Å². The number of nitrogens with one attached hydrogen (secondary N) is 1. The maximum absolute atomic E-state index is 13.0. The fourth-order valence-corrected chi connectivity index (χ4v) is 4.07. The molecule has 1 N–H and O–H groups in total. The lowest BCUT2D eigenvalue weighted by molar-refractivity contribution is 0.102. The number of rotatable bonds is 5. The first-order valence-corrected chi connectivity index (χ1v) is 9.93. The highest BCUT2D eigenvalue weighted by atomic mass is 32.1. The second kappa shape index (κ2) is 7.92. The van der Waals surface area contributed by atoms with E-state index < -0.39 is 0 Å². The molecular weight excluding hydrogens is 356 g/mol. The number of benzene rings is 1. The summed E-state index contributed by atoms with van der Waals surface area (Å²) >= 11 is 1.66. The van der Waals surface area contributed by atoms with Crippen LogP contribution in [-0.4, -0.2) is 10.5 Å². The normalized spacial score (nSPS) is 10.8. The Bertz CT molecular complexity index is 1030. The zero-order valence-corrected chi connectivity index (χ0v) is 16.9. The zero-order valence-electron chi connectivity index (χ0n) is 16.1. The van der Waals surface area contributed by atoms with Gasteiger partial charge in [0, 0.05) is 28.0 Å². The third-order valence-electron chi connectivity index (χ3n) is 4.88. The van der Waals surface area contributed by atoms with E-state index in [9.17, 15) is 9.59 Å². The Morgan fingerprint density at radius 3 is 2.59 bits per heavy atom. The molecule has 2 aromatic heterocycles. The van der Waals surface area contributed by atoms with Crippen LogP contribution in [0, 0.1) is 20.8 Å². The molecule has 1 amide bonds. The molecule has 0 atom stereocenters. The third kappa shape index (κ3) is 3.88. The van der Waals surface area contributed by atoms with Crippen molar-refractivity contribution in [1.82, 2.24) is 4.57 Å². The lowest BCUT2D eigenvalue weighted by atomic mass is 10.0. The summed E-state index contributed by atoms with van der Waals surface area (Å²) in [4.78, 5) is 26.8. The molecule has 0 saturated heterocycles. The van der Waals surface area contributed by atoms with Gasteiger partial charge in [0.05, 0.1) is 6.54 Å². The minimum atomic E-state index is -0.346. The lowest BCUT2D eigenvalue weighted by Crippen LogP contribution is -2.27. The summed E-state index contributed by atoms with van der Waals surface area (Å²) in [6.07, 6.45) is 0.812. The average Bonchev–Trinajstić information content (AvgIpc) is 3.13. The van der Waals surface area contributed by atoms with E-state index in [1.165, 1.54) is 4.88 Å². The number of nitrogens with zero attached hydrogens (tertiary/aromatic N) is 1. The predicted molar refractivity (Wildman–Crippen MR) is 112 cm³/mol. The Morgan fingerprint density at radius 2 is 1.93 bits per heavy atom. The largest absolute Gasteiger partial charge is 0.343 e. The molecule has 0 bridgehead atoms. The minimum absolute atomic E-state index is 0.211. The van der Waals surface area contributed by atoms with Crippen LogP contribution in [0.15, 0.2) is 46.6 Å². The van der Waals surface area contributed by atoms with Crippen LogP contribution in [0.3, 0.4) is 0 Å². The first-order valence-electron chi connectivity index (χ1n) is 9.05. The molecule has 0 fully saturated rings. The molecule has 2 heterocycles. The first-order chi connectivity index (χ1) is 12.9. The van der Waals surface area contributed by atoms with Crippen molar-refractivity contribution < 1.29 is 4.79 Å². The van der Waals surface area contributed by atoms with E-state index >= 15 is 0 Å². The van der Waals surface area contributed by atoms with E-state index in [0.29, 0.717) is 12.2 Å². The number of carbonyl (C=O) groups excluding carboxylic acids is 1. The van der Waals surface area contributed by atoms with Gasteiger partial charge in [0.2, 0.25) is 0 Å². The Kier molecular flexibility index (Phi) is 5.61. The highest BCUT2D eigenvalue weighted by Crippen LogP contribution is 2.22. The minimum Gasteiger partial charge on any atom is -0.343 e. The van der Waals surface area contributed by atoms with Crippen molar-refractivity contribution in [1.29, 1.82) is 0 Å². The maximum atomic E-state index is 13.0. The number of anilines is 1. The molecule has 5 heteroatoms. The number of aryl methyl sites for hydroxylation is 3. The van der Waals surface area contributed by atoms with Crippen LogP contribution in [0.1, 0.15) is 44.7 Å². The van der Waals surface area contributed by atoms with Gasteiger partial charge in [-0.15, -0.1) is 11.3 Å². The van der Waals surface area contributed by atoms with Gasteiger partial charge in [-0.2, -0.15) is 0 Å². The number of pyridine rings is 1. The number of thiophene rings is 1. The van der Waals surface area contributed by atoms with Gasteiger partial charge < -0.3 is 9.88 Å². The van der Waals surface area contributed by atoms with Gasteiger partial charge in [0.15, 0.2) is 5.43 Å². The Balaban J connectivity index is 2.01. The molecule has 140 valence electrons. The molecule has 0 saturated carbocycles. The van der Waals surface area contributed by atoms with Crippen LogP contribution < -0.4 is 10.7 Å². The lowest BCUT2D eigenvalue weighted by Gasteiger charge is -2.18. The summed E-state index contributed by atoms with van der Waals surface area (Å²) in [6.45, 7) is 8.41. The van der Waals surface area contributed by atoms with Crippen molar-refractivity contribution in [3.05, 3.63) is 85.0 Å². The predicted octanol–water partition coefficient (Wildman–Crippen LogP) is 4.70. The van der Waals surface area contributed by atoms with E-state index in [4.69, 9.17) is 0 Å². The van der Waals surface area contributed by atoms with Crippen molar-refractivity contribution in [3.8, 4) is 0 Å². The molecule has 0 aliphatic rings. The SMILES string of the molecule is CCc1cccc(C)c1NC(=O)c1c(C)n(Cc2cccs2)c(C)cc1=O. The molecule has 0 aliphatic heterocycles. The van der Waals surface area contributed by atoms with Gasteiger partial charge in [0.1, 0.15) is 5.56 Å². The quantitative estimate of drug-likeness (QED) is 0.698. The van der Waals surface area contributed by atoms with Crippen LogP contribution in [-0.2, 0) is 13.0 Å². The van der Waals surface area contributed by atoms with Crippen molar-refractivity contribution in [2.45, 2.75) is 40.7 Å². The molecule has 4 nitrogen and oxygen atoms in total. The van der Waals surface area contributed by atoms with E-state index in [1.807, 2.05) is 55.0 Å². The van der Waals surface area contributed by atoms with Gasteiger partial charge >= 0.3 is 0 Å². The number of carbonyl (C=O) groups is 1. The standard InChI is InChI=1S/C22H24N2O2S/c1-5-17-9-6-8-14(2)21(17)23-22(26)20-16(4)24(15(3)12-19(20)25)13-18-10-7-11-27-18/h6-12H,5,13H2,1-4H3,(H,23,26).